The highest BCUT2D eigenvalue weighted by atomic mass is 32.1. The molecule has 1 aliphatic heterocycles. The second-order valence-electron chi connectivity index (χ2n) is 6.95. The van der Waals surface area contributed by atoms with E-state index in [4.69, 9.17) is 16.6 Å². The number of aryl methyl sites for hydroxylation is 1. The van der Waals surface area contributed by atoms with Crippen molar-refractivity contribution in [1.29, 1.82) is 0 Å². The Morgan fingerprint density at radius 3 is 2.76 bits per heavy atom. The zero-order chi connectivity index (χ0) is 20.5. The fourth-order valence-corrected chi connectivity index (χ4v) is 4.15. The molecule has 1 fully saturated rings. The second-order valence-corrected chi connectivity index (χ2v) is 7.34. The van der Waals surface area contributed by atoms with Crippen molar-refractivity contribution in [1.82, 2.24) is 15.2 Å². The van der Waals surface area contributed by atoms with E-state index in [0.29, 0.717) is 10.9 Å². The Bertz CT molecular complexity index is 1060. The molecule has 0 spiro atoms. The summed E-state index contributed by atoms with van der Waals surface area (Å²) in [5.41, 5.74) is 2.87. The Morgan fingerprint density at radius 1 is 1.28 bits per heavy atom. The van der Waals surface area contributed by atoms with Crippen LogP contribution in [-0.4, -0.2) is 32.6 Å². The van der Waals surface area contributed by atoms with Crippen molar-refractivity contribution in [3.8, 4) is 11.3 Å². The number of benzene rings is 1. The number of rotatable bonds is 5. The first-order chi connectivity index (χ1) is 14.0. The van der Waals surface area contributed by atoms with Gasteiger partial charge < -0.3 is 19.7 Å². The zero-order valence-electron chi connectivity index (χ0n) is 16.1. The lowest BCUT2D eigenvalue weighted by molar-refractivity contribution is 0.0697. The molecule has 0 amide bonds. The molecule has 29 heavy (non-hydrogen) atoms. The molecule has 1 aliphatic rings. The Kier molecular flexibility index (Phi) is 5.07. The number of carboxylic acid groups (broad SMARTS) is 1. The number of furan rings is 1. The predicted molar refractivity (Wildman–Crippen MR) is 114 cm³/mol. The van der Waals surface area contributed by atoms with Gasteiger partial charge in [-0.2, -0.15) is 0 Å². The maximum Gasteiger partial charge on any atom is 0.335 e. The molecule has 3 aromatic rings. The number of aromatic nitrogens is 1. The van der Waals surface area contributed by atoms with Crippen LogP contribution < -0.4 is 5.32 Å². The third-order valence-electron chi connectivity index (χ3n) is 5.20. The number of hydrogen-bond donors (Lipinski definition) is 2. The molecule has 7 heteroatoms. The maximum absolute atomic E-state index is 11.2. The molecule has 6 nitrogen and oxygen atoms in total. The Hall–Kier alpha value is -3.19. The van der Waals surface area contributed by atoms with E-state index in [1.807, 2.05) is 37.3 Å². The summed E-state index contributed by atoms with van der Waals surface area (Å²) >= 11 is 5.54. The van der Waals surface area contributed by atoms with Gasteiger partial charge >= 0.3 is 5.97 Å². The van der Waals surface area contributed by atoms with Crippen LogP contribution in [0.2, 0.25) is 0 Å². The largest absolute Gasteiger partial charge is 0.478 e. The topological polar surface area (TPSA) is 78.6 Å². The van der Waals surface area contributed by atoms with Crippen LogP contribution in [0.5, 0.6) is 0 Å². The van der Waals surface area contributed by atoms with E-state index in [-0.39, 0.29) is 17.6 Å². The normalized spacial score (nSPS) is 18.7. The van der Waals surface area contributed by atoms with E-state index in [1.165, 1.54) is 0 Å². The standard InChI is InChI=1S/C22H21N3O3S/c1-3-25-20(19(24-22(25)29)16-6-4-5-11-23-16)18-10-9-17(28-18)15-8-7-14(21(26)27)12-13(15)2/h4-12,19-20H,3H2,1-2H3,(H,24,29)(H,26,27)/t19-,20+/m0/s1. The number of thiocarbonyl (C=S) groups is 1. The molecule has 0 saturated carbocycles. The van der Waals surface area contributed by atoms with Crippen molar-refractivity contribution in [3.05, 3.63) is 77.3 Å². The fourth-order valence-electron chi connectivity index (χ4n) is 3.78. The molecule has 1 aromatic carbocycles. The molecule has 2 atom stereocenters. The van der Waals surface area contributed by atoms with Gasteiger partial charge in [0.15, 0.2) is 5.11 Å². The summed E-state index contributed by atoms with van der Waals surface area (Å²) in [6, 6.07) is 14.5. The molecule has 0 unspecified atom stereocenters. The van der Waals surface area contributed by atoms with Gasteiger partial charge in [-0.25, -0.2) is 4.79 Å². The van der Waals surface area contributed by atoms with E-state index >= 15 is 0 Å². The second kappa shape index (κ2) is 7.67. The van der Waals surface area contributed by atoms with Crippen molar-refractivity contribution >= 4 is 23.3 Å². The highest BCUT2D eigenvalue weighted by Crippen LogP contribution is 2.40. The first kappa shape index (κ1) is 19.1. The minimum absolute atomic E-state index is 0.113. The number of nitrogens with zero attached hydrogens (tertiary/aromatic N) is 2. The SMILES string of the molecule is CCN1C(=S)N[C@@H](c2ccccn2)[C@H]1c1ccc(-c2ccc(C(=O)O)cc2C)o1. The quantitative estimate of drug-likeness (QED) is 0.609. The number of carboxylic acids is 1. The summed E-state index contributed by atoms with van der Waals surface area (Å²) in [5.74, 6) is 0.539. The Labute approximate surface area is 174 Å². The smallest absolute Gasteiger partial charge is 0.335 e. The lowest BCUT2D eigenvalue weighted by Crippen LogP contribution is -2.29. The van der Waals surface area contributed by atoms with Gasteiger partial charge in [0, 0.05) is 18.3 Å². The van der Waals surface area contributed by atoms with Crippen molar-refractivity contribution < 1.29 is 14.3 Å². The van der Waals surface area contributed by atoms with Crippen LogP contribution in [0.25, 0.3) is 11.3 Å². The molecule has 0 bridgehead atoms. The first-order valence-electron chi connectivity index (χ1n) is 9.41. The van der Waals surface area contributed by atoms with Crippen LogP contribution in [0, 0.1) is 6.92 Å². The van der Waals surface area contributed by atoms with E-state index in [1.54, 1.807) is 24.4 Å². The fraction of sp³-hybridized carbons (Fsp3) is 0.227. The van der Waals surface area contributed by atoms with Gasteiger partial charge in [-0.15, -0.1) is 0 Å². The summed E-state index contributed by atoms with van der Waals surface area (Å²) < 4.78 is 6.25. The van der Waals surface area contributed by atoms with Crippen LogP contribution in [0.4, 0.5) is 0 Å². The van der Waals surface area contributed by atoms with Gasteiger partial charge in [0.25, 0.3) is 0 Å². The monoisotopic (exact) mass is 407 g/mol. The number of carbonyl (C=O) groups is 1. The molecule has 0 aliphatic carbocycles. The van der Waals surface area contributed by atoms with Crippen LogP contribution in [0.1, 0.15) is 46.4 Å². The molecular formula is C22H21N3O3S. The van der Waals surface area contributed by atoms with Gasteiger partial charge in [-0.05, 0) is 68.0 Å². The van der Waals surface area contributed by atoms with Crippen molar-refractivity contribution in [2.24, 2.45) is 0 Å². The summed E-state index contributed by atoms with van der Waals surface area (Å²) in [6.45, 7) is 4.67. The van der Waals surface area contributed by atoms with E-state index in [0.717, 1.165) is 29.1 Å². The molecule has 3 heterocycles. The van der Waals surface area contributed by atoms with Gasteiger partial charge in [-0.3, -0.25) is 4.98 Å². The van der Waals surface area contributed by atoms with Crippen LogP contribution >= 0.6 is 12.2 Å². The lowest BCUT2D eigenvalue weighted by Gasteiger charge is -2.24. The molecule has 4 rings (SSSR count). The van der Waals surface area contributed by atoms with E-state index in [9.17, 15) is 9.90 Å². The highest BCUT2D eigenvalue weighted by Gasteiger charge is 2.40. The van der Waals surface area contributed by atoms with Gasteiger partial charge in [-0.1, -0.05) is 12.1 Å². The van der Waals surface area contributed by atoms with Crippen molar-refractivity contribution in [3.63, 3.8) is 0 Å². The van der Waals surface area contributed by atoms with E-state index in [2.05, 4.69) is 22.1 Å². The first-order valence-corrected chi connectivity index (χ1v) is 9.82. The van der Waals surface area contributed by atoms with E-state index < -0.39 is 5.97 Å². The number of hydrogen-bond acceptors (Lipinski definition) is 4. The number of aromatic carboxylic acids is 1. The maximum atomic E-state index is 11.2. The molecular weight excluding hydrogens is 386 g/mol. The third kappa shape index (κ3) is 3.49. The third-order valence-corrected chi connectivity index (χ3v) is 5.55. The molecule has 148 valence electrons. The molecule has 1 saturated heterocycles. The summed E-state index contributed by atoms with van der Waals surface area (Å²) in [7, 11) is 0. The van der Waals surface area contributed by atoms with Crippen molar-refractivity contribution in [2.45, 2.75) is 25.9 Å². The number of likely N-dealkylation sites (N-methyl/N-ethyl adjacent to an activating group) is 1. The van der Waals surface area contributed by atoms with Gasteiger partial charge in [0.05, 0.1) is 17.3 Å². The van der Waals surface area contributed by atoms with Crippen LogP contribution in [0.15, 0.2) is 59.1 Å². The molecule has 2 N–H and O–H groups in total. The van der Waals surface area contributed by atoms with Gasteiger partial charge in [0.1, 0.15) is 17.6 Å². The Balaban J connectivity index is 1.71. The minimum atomic E-state index is -0.942. The summed E-state index contributed by atoms with van der Waals surface area (Å²) in [6.07, 6.45) is 1.77. The zero-order valence-corrected chi connectivity index (χ0v) is 16.9. The summed E-state index contributed by atoms with van der Waals surface area (Å²) in [5, 5.41) is 13.2. The Morgan fingerprint density at radius 2 is 2.10 bits per heavy atom. The predicted octanol–water partition coefficient (Wildman–Crippen LogP) is 4.34. The molecule has 0 radical (unpaired) electrons. The molecule has 2 aromatic heterocycles. The highest BCUT2D eigenvalue weighted by molar-refractivity contribution is 7.80. The average molecular weight is 407 g/mol. The van der Waals surface area contributed by atoms with Crippen LogP contribution in [-0.2, 0) is 0 Å². The summed E-state index contributed by atoms with van der Waals surface area (Å²) in [4.78, 5) is 17.8. The number of nitrogens with one attached hydrogen (secondary N) is 1. The lowest BCUT2D eigenvalue weighted by atomic mass is 10.0. The van der Waals surface area contributed by atoms with Crippen LogP contribution in [0.3, 0.4) is 0 Å². The van der Waals surface area contributed by atoms with Gasteiger partial charge in [0.2, 0.25) is 0 Å². The number of pyridine rings is 1. The average Bonchev–Trinajstić information content (AvgIpc) is 3.32. The minimum Gasteiger partial charge on any atom is -0.478 e. The van der Waals surface area contributed by atoms with Crippen molar-refractivity contribution in [2.75, 3.05) is 6.54 Å².